The van der Waals surface area contributed by atoms with Crippen LogP contribution in [0, 0.1) is 0 Å². The average Bonchev–Trinajstić information content (AvgIpc) is 2.90. The Morgan fingerprint density at radius 2 is 1.69 bits per heavy atom. The van der Waals surface area contributed by atoms with Gasteiger partial charge >= 0.3 is 0 Å². The van der Waals surface area contributed by atoms with Gasteiger partial charge in [-0.25, -0.2) is 0 Å². The smallest absolute Gasteiger partial charge is 0.250 e. The molecule has 0 aliphatic carbocycles. The molecule has 1 aliphatic rings. The van der Waals surface area contributed by atoms with Gasteiger partial charge in [-0.1, -0.05) is 41.9 Å². The second-order valence-electron chi connectivity index (χ2n) is 8.45. The normalized spacial score (nSPS) is 14.0. The maximum absolute atomic E-state index is 12.2. The van der Waals surface area contributed by atoms with Crippen LogP contribution >= 0.6 is 23.8 Å². The summed E-state index contributed by atoms with van der Waals surface area (Å²) in [5.74, 6) is 0.471. The van der Waals surface area contributed by atoms with Crippen molar-refractivity contribution in [3.63, 3.8) is 0 Å². The van der Waals surface area contributed by atoms with Crippen molar-refractivity contribution in [3.05, 3.63) is 95.0 Å². The van der Waals surface area contributed by atoms with Crippen molar-refractivity contribution in [1.82, 2.24) is 10.2 Å². The highest BCUT2D eigenvalue weighted by Crippen LogP contribution is 2.22. The average molecular weight is 521 g/mol. The van der Waals surface area contributed by atoms with Crippen molar-refractivity contribution < 1.29 is 9.53 Å². The Kier molecular flexibility index (Phi) is 8.95. The summed E-state index contributed by atoms with van der Waals surface area (Å²) in [5.41, 5.74) is 4.04. The Morgan fingerprint density at radius 3 is 2.36 bits per heavy atom. The number of thiocarbonyl (C=S) groups is 1. The molecule has 0 atom stereocenters. The molecule has 8 heteroatoms. The molecule has 3 aromatic rings. The number of nitrogens with zero attached hydrogens (tertiary/aromatic N) is 2. The Hall–Kier alpha value is -3.39. The number of anilines is 2. The minimum Gasteiger partial charge on any atom is -0.497 e. The van der Waals surface area contributed by atoms with Crippen LogP contribution in [0.25, 0.3) is 6.08 Å². The lowest BCUT2D eigenvalue weighted by atomic mass is 10.2. The van der Waals surface area contributed by atoms with Crippen LogP contribution in [-0.2, 0) is 11.3 Å². The number of benzene rings is 3. The van der Waals surface area contributed by atoms with Crippen LogP contribution in [0.1, 0.15) is 11.1 Å². The first-order valence-corrected chi connectivity index (χ1v) is 12.5. The van der Waals surface area contributed by atoms with E-state index >= 15 is 0 Å². The maximum atomic E-state index is 12.2. The molecule has 0 bridgehead atoms. The van der Waals surface area contributed by atoms with Crippen molar-refractivity contribution in [2.24, 2.45) is 0 Å². The van der Waals surface area contributed by atoms with Gasteiger partial charge < -0.3 is 15.0 Å². The van der Waals surface area contributed by atoms with Gasteiger partial charge in [0.15, 0.2) is 5.11 Å². The van der Waals surface area contributed by atoms with Crippen LogP contribution in [0.3, 0.4) is 0 Å². The van der Waals surface area contributed by atoms with Crippen LogP contribution in [0.2, 0.25) is 5.02 Å². The summed E-state index contributed by atoms with van der Waals surface area (Å²) < 4.78 is 5.14. The van der Waals surface area contributed by atoms with Crippen molar-refractivity contribution in [2.45, 2.75) is 6.54 Å². The monoisotopic (exact) mass is 520 g/mol. The third-order valence-electron chi connectivity index (χ3n) is 5.99. The van der Waals surface area contributed by atoms with Gasteiger partial charge in [0.1, 0.15) is 5.75 Å². The molecular formula is C28H29ClN4O2S. The van der Waals surface area contributed by atoms with Crippen molar-refractivity contribution in [3.8, 4) is 5.75 Å². The van der Waals surface area contributed by atoms with E-state index in [2.05, 4.69) is 38.6 Å². The molecule has 4 rings (SSSR count). The minimum absolute atomic E-state index is 0.250. The second-order valence-corrected chi connectivity index (χ2v) is 9.27. The van der Waals surface area contributed by atoms with Gasteiger partial charge in [-0.15, -0.1) is 0 Å². The van der Waals surface area contributed by atoms with E-state index < -0.39 is 0 Å². The molecule has 1 heterocycles. The number of carbonyl (C=O) groups excluding carboxylic acids is 1. The van der Waals surface area contributed by atoms with E-state index in [-0.39, 0.29) is 11.0 Å². The highest BCUT2D eigenvalue weighted by Gasteiger charge is 2.18. The maximum Gasteiger partial charge on any atom is 0.250 e. The van der Waals surface area contributed by atoms with Gasteiger partial charge in [0.2, 0.25) is 5.91 Å². The SMILES string of the molecule is COc1ccc(/C=C/C(=O)NC(=S)Nc2ccc(N3CCN(Cc4ccccc4Cl)CC3)cc2)cc1. The van der Waals surface area contributed by atoms with E-state index in [0.29, 0.717) is 0 Å². The summed E-state index contributed by atoms with van der Waals surface area (Å²) in [6, 6.07) is 23.5. The third kappa shape index (κ3) is 7.31. The molecule has 1 fully saturated rings. The van der Waals surface area contributed by atoms with E-state index in [1.165, 1.54) is 11.6 Å². The third-order valence-corrected chi connectivity index (χ3v) is 6.57. The molecule has 1 amide bonds. The molecule has 0 aromatic heterocycles. The van der Waals surface area contributed by atoms with E-state index in [4.69, 9.17) is 28.6 Å². The fraction of sp³-hybridized carbons (Fsp3) is 0.214. The number of nitrogens with one attached hydrogen (secondary N) is 2. The zero-order valence-corrected chi connectivity index (χ0v) is 21.7. The Morgan fingerprint density at radius 1 is 1.00 bits per heavy atom. The number of amides is 1. The van der Waals surface area contributed by atoms with Gasteiger partial charge in [-0.3, -0.25) is 15.0 Å². The van der Waals surface area contributed by atoms with Crippen LogP contribution in [0.4, 0.5) is 11.4 Å². The number of piperazine rings is 1. The lowest BCUT2D eigenvalue weighted by Crippen LogP contribution is -2.46. The van der Waals surface area contributed by atoms with Crippen LogP contribution in [-0.4, -0.2) is 49.2 Å². The molecule has 0 saturated carbocycles. The van der Waals surface area contributed by atoms with Gasteiger partial charge in [0, 0.05) is 55.2 Å². The van der Waals surface area contributed by atoms with E-state index in [0.717, 1.165) is 60.4 Å². The molecule has 6 nitrogen and oxygen atoms in total. The molecule has 0 spiro atoms. The molecule has 0 unspecified atom stereocenters. The van der Waals surface area contributed by atoms with Gasteiger partial charge in [0.25, 0.3) is 0 Å². The van der Waals surface area contributed by atoms with E-state index in [9.17, 15) is 4.79 Å². The molecular weight excluding hydrogens is 492 g/mol. The first kappa shape index (κ1) is 25.7. The summed E-state index contributed by atoms with van der Waals surface area (Å²) >= 11 is 11.6. The quantitative estimate of drug-likeness (QED) is 0.330. The Labute approximate surface area is 222 Å². The van der Waals surface area contributed by atoms with Crippen molar-refractivity contribution in [1.29, 1.82) is 0 Å². The predicted octanol–water partition coefficient (Wildman–Crippen LogP) is 5.20. The highest BCUT2D eigenvalue weighted by atomic mass is 35.5. The lowest BCUT2D eigenvalue weighted by molar-refractivity contribution is -0.115. The number of ether oxygens (including phenoxy) is 1. The molecule has 3 aromatic carbocycles. The van der Waals surface area contributed by atoms with Crippen LogP contribution < -0.4 is 20.3 Å². The molecule has 0 radical (unpaired) electrons. The standard InChI is InChI=1S/C28H29ClN4O2S/c1-35-25-13-6-21(7-14-25)8-15-27(34)31-28(36)30-23-9-11-24(12-10-23)33-18-16-32(17-19-33)20-22-4-2-3-5-26(22)29/h2-15H,16-20H2,1H3,(H2,30,31,34,36)/b15-8+. The summed E-state index contributed by atoms with van der Waals surface area (Å²) in [4.78, 5) is 17.0. The molecule has 186 valence electrons. The summed E-state index contributed by atoms with van der Waals surface area (Å²) in [7, 11) is 1.62. The number of methoxy groups -OCH3 is 1. The zero-order chi connectivity index (χ0) is 25.3. The molecule has 1 saturated heterocycles. The summed E-state index contributed by atoms with van der Waals surface area (Å²) in [6.45, 7) is 4.73. The largest absolute Gasteiger partial charge is 0.497 e. The first-order valence-electron chi connectivity index (χ1n) is 11.7. The number of hydrogen-bond donors (Lipinski definition) is 2. The van der Waals surface area contributed by atoms with E-state index in [1.807, 2.05) is 54.6 Å². The fourth-order valence-corrected chi connectivity index (χ4v) is 4.40. The second kappa shape index (κ2) is 12.5. The predicted molar refractivity (Wildman–Crippen MR) is 152 cm³/mol. The van der Waals surface area contributed by atoms with Crippen LogP contribution in [0.15, 0.2) is 78.9 Å². The molecule has 2 N–H and O–H groups in total. The minimum atomic E-state index is -0.297. The summed E-state index contributed by atoms with van der Waals surface area (Å²) in [6.07, 6.45) is 3.17. The Balaban J connectivity index is 1.22. The number of rotatable bonds is 7. The molecule has 1 aliphatic heterocycles. The fourth-order valence-electron chi connectivity index (χ4n) is 3.99. The van der Waals surface area contributed by atoms with E-state index in [1.54, 1.807) is 13.2 Å². The number of carbonyl (C=O) groups is 1. The summed E-state index contributed by atoms with van der Waals surface area (Å²) in [5, 5.41) is 6.81. The number of halogens is 1. The topological polar surface area (TPSA) is 56.8 Å². The van der Waals surface area contributed by atoms with Crippen molar-refractivity contribution >= 4 is 52.3 Å². The van der Waals surface area contributed by atoms with Gasteiger partial charge in [0.05, 0.1) is 7.11 Å². The molecule has 36 heavy (non-hydrogen) atoms. The first-order chi connectivity index (χ1) is 17.5. The Bertz CT molecular complexity index is 1210. The van der Waals surface area contributed by atoms with Crippen LogP contribution in [0.5, 0.6) is 5.75 Å². The van der Waals surface area contributed by atoms with Gasteiger partial charge in [-0.2, -0.15) is 0 Å². The number of hydrogen-bond acceptors (Lipinski definition) is 5. The lowest BCUT2D eigenvalue weighted by Gasteiger charge is -2.36. The zero-order valence-electron chi connectivity index (χ0n) is 20.1. The van der Waals surface area contributed by atoms with Gasteiger partial charge in [-0.05, 0) is 71.9 Å². The highest BCUT2D eigenvalue weighted by molar-refractivity contribution is 7.80. The van der Waals surface area contributed by atoms with Crippen molar-refractivity contribution in [2.75, 3.05) is 43.5 Å².